The first-order valence-electron chi connectivity index (χ1n) is 9.94. The van der Waals surface area contributed by atoms with Gasteiger partial charge in [0, 0.05) is 44.2 Å². The number of hydrogen-bond acceptors (Lipinski definition) is 3. The Kier molecular flexibility index (Phi) is 6.54. The van der Waals surface area contributed by atoms with Gasteiger partial charge in [-0.1, -0.05) is 24.3 Å². The molecule has 2 aliphatic rings. The van der Waals surface area contributed by atoms with E-state index in [0.717, 1.165) is 45.6 Å². The Morgan fingerprint density at radius 3 is 2.58 bits per heavy atom. The SMILES string of the molecule is CC(C)N(C)Cc1ccccc1CNC(=O)N(CC1CCOC1)C1CC1. The lowest BCUT2D eigenvalue weighted by atomic mass is 10.1. The molecule has 5 nitrogen and oxygen atoms in total. The molecule has 1 aromatic carbocycles. The molecule has 0 radical (unpaired) electrons. The predicted molar refractivity (Wildman–Crippen MR) is 104 cm³/mol. The van der Waals surface area contributed by atoms with Gasteiger partial charge < -0.3 is 15.0 Å². The molecule has 1 saturated carbocycles. The van der Waals surface area contributed by atoms with E-state index in [4.69, 9.17) is 4.74 Å². The minimum Gasteiger partial charge on any atom is -0.381 e. The van der Waals surface area contributed by atoms with Crippen molar-refractivity contribution in [3.8, 4) is 0 Å². The molecule has 26 heavy (non-hydrogen) atoms. The number of carbonyl (C=O) groups is 1. The van der Waals surface area contributed by atoms with E-state index in [-0.39, 0.29) is 6.03 Å². The second-order valence-corrected chi connectivity index (χ2v) is 8.05. The summed E-state index contributed by atoms with van der Waals surface area (Å²) in [5.41, 5.74) is 2.49. The van der Waals surface area contributed by atoms with Crippen molar-refractivity contribution >= 4 is 6.03 Å². The first-order valence-corrected chi connectivity index (χ1v) is 9.94. The summed E-state index contributed by atoms with van der Waals surface area (Å²) >= 11 is 0. The highest BCUT2D eigenvalue weighted by Gasteiger charge is 2.34. The average molecular weight is 360 g/mol. The molecule has 3 rings (SSSR count). The van der Waals surface area contributed by atoms with Gasteiger partial charge in [0.15, 0.2) is 0 Å². The summed E-state index contributed by atoms with van der Waals surface area (Å²) in [6, 6.07) is 9.41. The molecule has 2 amide bonds. The van der Waals surface area contributed by atoms with Crippen molar-refractivity contribution in [1.29, 1.82) is 0 Å². The van der Waals surface area contributed by atoms with Crippen LogP contribution in [0.5, 0.6) is 0 Å². The van der Waals surface area contributed by atoms with E-state index in [9.17, 15) is 4.79 Å². The smallest absolute Gasteiger partial charge is 0.317 e. The lowest BCUT2D eigenvalue weighted by Gasteiger charge is -2.26. The van der Waals surface area contributed by atoms with E-state index in [1.807, 2.05) is 4.90 Å². The van der Waals surface area contributed by atoms with Crippen LogP contribution in [-0.2, 0) is 17.8 Å². The summed E-state index contributed by atoms with van der Waals surface area (Å²) < 4.78 is 5.48. The fraction of sp³-hybridized carbons (Fsp3) is 0.667. The summed E-state index contributed by atoms with van der Waals surface area (Å²) in [5, 5.41) is 3.16. The van der Waals surface area contributed by atoms with Gasteiger partial charge in [0.25, 0.3) is 0 Å². The zero-order valence-corrected chi connectivity index (χ0v) is 16.4. The molecule has 1 aliphatic heterocycles. The standard InChI is InChI=1S/C21H33N3O2/c1-16(2)23(3)14-19-7-5-4-6-18(19)12-22-21(25)24(20-8-9-20)13-17-10-11-26-15-17/h4-7,16-17,20H,8-15H2,1-3H3,(H,22,25). The van der Waals surface area contributed by atoms with Crippen LogP contribution < -0.4 is 5.32 Å². The summed E-state index contributed by atoms with van der Waals surface area (Å²) in [5.74, 6) is 0.494. The van der Waals surface area contributed by atoms with Gasteiger partial charge in [-0.25, -0.2) is 4.79 Å². The molecule has 1 unspecified atom stereocenters. The third-order valence-electron chi connectivity index (χ3n) is 5.58. The van der Waals surface area contributed by atoms with Gasteiger partial charge in [0.05, 0.1) is 6.61 Å². The molecule has 0 spiro atoms. The summed E-state index contributed by atoms with van der Waals surface area (Å²) in [6.07, 6.45) is 3.34. The Bertz CT molecular complexity index is 595. The van der Waals surface area contributed by atoms with E-state index in [0.29, 0.717) is 24.5 Å². The molecule has 5 heteroatoms. The molecule has 144 valence electrons. The van der Waals surface area contributed by atoms with E-state index in [1.165, 1.54) is 11.1 Å². The van der Waals surface area contributed by atoms with Crippen molar-refractivity contribution in [2.24, 2.45) is 5.92 Å². The minimum atomic E-state index is 0.0754. The maximum atomic E-state index is 12.8. The number of benzene rings is 1. The number of hydrogen-bond donors (Lipinski definition) is 1. The van der Waals surface area contributed by atoms with Crippen LogP contribution in [0.15, 0.2) is 24.3 Å². The van der Waals surface area contributed by atoms with Gasteiger partial charge in [-0.2, -0.15) is 0 Å². The Labute approximate surface area is 157 Å². The van der Waals surface area contributed by atoms with Crippen LogP contribution in [0.4, 0.5) is 4.79 Å². The fourth-order valence-corrected chi connectivity index (χ4v) is 3.40. The third kappa shape index (κ3) is 5.21. The molecule has 1 aliphatic carbocycles. The maximum absolute atomic E-state index is 12.8. The van der Waals surface area contributed by atoms with Crippen molar-refractivity contribution in [2.45, 2.75) is 58.3 Å². The van der Waals surface area contributed by atoms with Crippen LogP contribution >= 0.6 is 0 Å². The Balaban J connectivity index is 1.57. The van der Waals surface area contributed by atoms with Gasteiger partial charge in [0.2, 0.25) is 0 Å². The van der Waals surface area contributed by atoms with Crippen LogP contribution in [0.25, 0.3) is 0 Å². The Hall–Kier alpha value is -1.59. The molecule has 1 heterocycles. The predicted octanol–water partition coefficient (Wildman–Crippen LogP) is 3.24. The molecule has 1 N–H and O–H groups in total. The number of rotatable bonds is 8. The van der Waals surface area contributed by atoms with Crippen LogP contribution in [0.1, 0.15) is 44.2 Å². The van der Waals surface area contributed by atoms with Gasteiger partial charge in [-0.15, -0.1) is 0 Å². The van der Waals surface area contributed by atoms with Gasteiger partial charge >= 0.3 is 6.03 Å². The summed E-state index contributed by atoms with van der Waals surface area (Å²) in [4.78, 5) is 17.2. The van der Waals surface area contributed by atoms with Crippen LogP contribution in [0.3, 0.4) is 0 Å². The zero-order valence-electron chi connectivity index (χ0n) is 16.4. The number of carbonyl (C=O) groups excluding carboxylic acids is 1. The topological polar surface area (TPSA) is 44.8 Å². The molecule has 0 aromatic heterocycles. The number of nitrogens with one attached hydrogen (secondary N) is 1. The van der Waals surface area contributed by atoms with E-state index >= 15 is 0 Å². The summed E-state index contributed by atoms with van der Waals surface area (Å²) in [7, 11) is 2.14. The van der Waals surface area contributed by atoms with Crippen LogP contribution in [0.2, 0.25) is 0 Å². The maximum Gasteiger partial charge on any atom is 0.317 e. The van der Waals surface area contributed by atoms with Crippen molar-refractivity contribution in [2.75, 3.05) is 26.8 Å². The highest BCUT2D eigenvalue weighted by molar-refractivity contribution is 5.75. The molecular weight excluding hydrogens is 326 g/mol. The number of amides is 2. The quantitative estimate of drug-likeness (QED) is 0.775. The second-order valence-electron chi connectivity index (χ2n) is 8.05. The van der Waals surface area contributed by atoms with E-state index < -0.39 is 0 Å². The van der Waals surface area contributed by atoms with Crippen molar-refractivity contribution < 1.29 is 9.53 Å². The first kappa shape index (κ1) is 19.2. The summed E-state index contributed by atoms with van der Waals surface area (Å²) in [6.45, 7) is 8.34. The molecule has 0 bridgehead atoms. The molecule has 1 saturated heterocycles. The van der Waals surface area contributed by atoms with Crippen LogP contribution in [-0.4, -0.2) is 54.7 Å². The lowest BCUT2D eigenvalue weighted by Crippen LogP contribution is -2.43. The van der Waals surface area contributed by atoms with Gasteiger partial charge in [-0.3, -0.25) is 4.90 Å². The lowest BCUT2D eigenvalue weighted by molar-refractivity contribution is 0.162. The Morgan fingerprint density at radius 2 is 1.96 bits per heavy atom. The monoisotopic (exact) mass is 359 g/mol. The average Bonchev–Trinajstić information content (AvgIpc) is 3.34. The largest absolute Gasteiger partial charge is 0.381 e. The Morgan fingerprint density at radius 1 is 1.23 bits per heavy atom. The molecule has 2 fully saturated rings. The molecular formula is C21H33N3O2. The number of ether oxygens (including phenoxy) is 1. The van der Waals surface area contributed by atoms with E-state index in [1.54, 1.807) is 0 Å². The number of urea groups is 1. The van der Waals surface area contributed by atoms with Crippen molar-refractivity contribution in [1.82, 2.24) is 15.1 Å². The normalized spacial score (nSPS) is 20.0. The highest BCUT2D eigenvalue weighted by Crippen LogP contribution is 2.29. The van der Waals surface area contributed by atoms with E-state index in [2.05, 4.69) is 55.4 Å². The minimum absolute atomic E-state index is 0.0754. The van der Waals surface area contributed by atoms with Crippen LogP contribution in [0, 0.1) is 5.92 Å². The van der Waals surface area contributed by atoms with Gasteiger partial charge in [0.1, 0.15) is 0 Å². The van der Waals surface area contributed by atoms with Crippen molar-refractivity contribution in [3.05, 3.63) is 35.4 Å². The second kappa shape index (κ2) is 8.87. The zero-order chi connectivity index (χ0) is 18.5. The molecule has 1 aromatic rings. The van der Waals surface area contributed by atoms with Gasteiger partial charge in [-0.05, 0) is 51.3 Å². The number of nitrogens with zero attached hydrogens (tertiary/aromatic N) is 2. The molecule has 1 atom stereocenters. The van der Waals surface area contributed by atoms with Crippen molar-refractivity contribution in [3.63, 3.8) is 0 Å². The third-order valence-corrected chi connectivity index (χ3v) is 5.58. The highest BCUT2D eigenvalue weighted by atomic mass is 16.5. The first-order chi connectivity index (χ1) is 12.5. The fourth-order valence-electron chi connectivity index (χ4n) is 3.40.